The predicted octanol–water partition coefficient (Wildman–Crippen LogP) is 3.59. The van der Waals surface area contributed by atoms with Gasteiger partial charge in [0.25, 0.3) is 0 Å². The normalized spacial score (nSPS) is 15.1. The van der Waals surface area contributed by atoms with Crippen LogP contribution in [0.2, 0.25) is 5.02 Å². The van der Waals surface area contributed by atoms with Gasteiger partial charge in [-0.15, -0.1) is 0 Å². The number of hydrogen-bond donors (Lipinski definition) is 0. The molecule has 1 aromatic heterocycles. The van der Waals surface area contributed by atoms with Gasteiger partial charge in [-0.1, -0.05) is 29.5 Å². The van der Waals surface area contributed by atoms with E-state index in [4.69, 9.17) is 25.5 Å². The number of furan rings is 1. The molecule has 0 radical (unpaired) electrons. The molecule has 1 saturated heterocycles. The molecule has 1 amide bonds. The minimum absolute atomic E-state index is 0.118. The van der Waals surface area contributed by atoms with Crippen LogP contribution < -0.4 is 0 Å². The number of rotatable bonds is 4. The summed E-state index contributed by atoms with van der Waals surface area (Å²) in [7, 11) is 1.30. The second-order valence-corrected chi connectivity index (χ2v) is 7.03. The fraction of sp³-hybridized carbons (Fsp3) is 0.364. The quantitative estimate of drug-likeness (QED) is 0.545. The van der Waals surface area contributed by atoms with Gasteiger partial charge in [-0.25, -0.2) is 9.59 Å². The Kier molecular flexibility index (Phi) is 7.39. The lowest BCUT2D eigenvalue weighted by atomic mass is 10.1. The number of hydrogen-bond acceptors (Lipinski definition) is 6. The smallest absolute Gasteiger partial charge is 0.409 e. The van der Waals surface area contributed by atoms with E-state index >= 15 is 0 Å². The first kappa shape index (κ1) is 21.8. The standard InChI is InChI=1S/C22H23ClN2O5/c1-3-29-22(27)25-13-11-24(12-14-25)18(8-7-16-5-4-6-17(23)15-16)19-9-10-20(30-19)21(26)28-2/h4-6,9-10,15,18H,3,11-14H2,1-2H3. The van der Waals surface area contributed by atoms with Crippen molar-refractivity contribution in [3.8, 4) is 11.8 Å². The van der Waals surface area contributed by atoms with E-state index in [1.807, 2.05) is 12.1 Å². The first-order valence-electron chi connectivity index (χ1n) is 9.62. The van der Waals surface area contributed by atoms with E-state index in [9.17, 15) is 9.59 Å². The van der Waals surface area contributed by atoms with E-state index in [2.05, 4.69) is 16.7 Å². The number of methoxy groups -OCH3 is 1. The highest BCUT2D eigenvalue weighted by Gasteiger charge is 2.29. The van der Waals surface area contributed by atoms with Gasteiger partial charge in [0.2, 0.25) is 5.76 Å². The number of piperazine rings is 1. The molecule has 0 aliphatic carbocycles. The van der Waals surface area contributed by atoms with Gasteiger partial charge in [0.05, 0.1) is 13.7 Å². The number of ether oxygens (including phenoxy) is 2. The summed E-state index contributed by atoms with van der Waals surface area (Å²) in [5, 5.41) is 0.604. The Balaban J connectivity index is 1.83. The number of amides is 1. The first-order chi connectivity index (χ1) is 14.5. The van der Waals surface area contributed by atoms with Gasteiger partial charge in [0.15, 0.2) is 0 Å². The molecule has 1 aromatic carbocycles. The van der Waals surface area contributed by atoms with Crippen LogP contribution in [0.4, 0.5) is 4.79 Å². The third-order valence-corrected chi connectivity index (χ3v) is 4.90. The third-order valence-electron chi connectivity index (χ3n) is 4.67. The van der Waals surface area contributed by atoms with Crippen molar-refractivity contribution in [3.63, 3.8) is 0 Å². The van der Waals surface area contributed by atoms with Crippen LogP contribution in [0.1, 0.15) is 34.8 Å². The number of benzene rings is 1. The Bertz CT molecular complexity index is 954. The van der Waals surface area contributed by atoms with E-state index in [-0.39, 0.29) is 11.9 Å². The molecule has 30 heavy (non-hydrogen) atoms. The summed E-state index contributed by atoms with van der Waals surface area (Å²) < 4.78 is 15.5. The maximum Gasteiger partial charge on any atom is 0.409 e. The molecule has 0 spiro atoms. The summed E-state index contributed by atoms with van der Waals surface area (Å²) in [6.45, 7) is 4.32. The Labute approximate surface area is 180 Å². The SMILES string of the molecule is CCOC(=O)N1CCN(C(C#Cc2cccc(Cl)c2)c2ccc(C(=O)OC)o2)CC1. The van der Waals surface area contributed by atoms with E-state index < -0.39 is 12.0 Å². The Morgan fingerprint density at radius 1 is 1.20 bits per heavy atom. The Morgan fingerprint density at radius 3 is 2.63 bits per heavy atom. The van der Waals surface area contributed by atoms with E-state index in [1.54, 1.807) is 36.1 Å². The molecule has 1 aliphatic heterocycles. The lowest BCUT2D eigenvalue weighted by Gasteiger charge is -2.36. The largest absolute Gasteiger partial charge is 0.463 e. The van der Waals surface area contributed by atoms with Crippen molar-refractivity contribution in [1.29, 1.82) is 0 Å². The minimum atomic E-state index is -0.546. The number of halogens is 1. The second-order valence-electron chi connectivity index (χ2n) is 6.60. The van der Waals surface area contributed by atoms with Crippen molar-refractivity contribution in [2.24, 2.45) is 0 Å². The van der Waals surface area contributed by atoms with Gasteiger partial charge in [-0.2, -0.15) is 0 Å². The van der Waals surface area contributed by atoms with Gasteiger partial charge in [-0.3, -0.25) is 4.90 Å². The molecule has 2 aromatic rings. The highest BCUT2D eigenvalue weighted by molar-refractivity contribution is 6.30. The van der Waals surface area contributed by atoms with Crippen LogP contribution in [-0.4, -0.2) is 61.8 Å². The van der Waals surface area contributed by atoms with Gasteiger partial charge in [0.1, 0.15) is 11.8 Å². The van der Waals surface area contributed by atoms with Crippen LogP contribution in [0.25, 0.3) is 0 Å². The minimum Gasteiger partial charge on any atom is -0.463 e. The highest BCUT2D eigenvalue weighted by atomic mass is 35.5. The molecule has 158 valence electrons. The third kappa shape index (κ3) is 5.35. The lowest BCUT2D eigenvalue weighted by Crippen LogP contribution is -2.49. The number of esters is 1. The molecule has 0 bridgehead atoms. The Hall–Kier alpha value is -2.95. The summed E-state index contributed by atoms with van der Waals surface area (Å²) in [5.41, 5.74) is 0.775. The van der Waals surface area contributed by atoms with Gasteiger partial charge in [-0.05, 0) is 37.3 Å². The van der Waals surface area contributed by atoms with Gasteiger partial charge < -0.3 is 18.8 Å². The summed E-state index contributed by atoms with van der Waals surface area (Å²) in [6.07, 6.45) is -0.315. The molecule has 1 aliphatic rings. The zero-order chi connectivity index (χ0) is 21.5. The molecule has 0 N–H and O–H groups in total. The highest BCUT2D eigenvalue weighted by Crippen LogP contribution is 2.25. The van der Waals surface area contributed by atoms with Crippen molar-refractivity contribution < 1.29 is 23.5 Å². The average Bonchev–Trinajstić information content (AvgIpc) is 3.24. The maximum absolute atomic E-state index is 12.0. The van der Waals surface area contributed by atoms with Crippen molar-refractivity contribution in [2.45, 2.75) is 13.0 Å². The zero-order valence-electron chi connectivity index (χ0n) is 16.9. The van der Waals surface area contributed by atoms with Gasteiger partial charge in [0, 0.05) is 36.8 Å². The molecule has 0 saturated carbocycles. The van der Waals surface area contributed by atoms with E-state index in [0.29, 0.717) is 43.6 Å². The Morgan fingerprint density at radius 2 is 1.97 bits per heavy atom. The number of carbonyl (C=O) groups is 2. The van der Waals surface area contributed by atoms with Crippen LogP contribution in [-0.2, 0) is 9.47 Å². The van der Waals surface area contributed by atoms with Crippen LogP contribution in [0.3, 0.4) is 0 Å². The van der Waals surface area contributed by atoms with Crippen molar-refractivity contribution >= 4 is 23.7 Å². The molecular formula is C22H23ClN2O5. The predicted molar refractivity (Wildman–Crippen MR) is 111 cm³/mol. The number of nitrogens with zero attached hydrogens (tertiary/aromatic N) is 2. The van der Waals surface area contributed by atoms with Gasteiger partial charge >= 0.3 is 12.1 Å². The van der Waals surface area contributed by atoms with Crippen molar-refractivity contribution in [3.05, 3.63) is 58.5 Å². The van der Waals surface area contributed by atoms with E-state index in [1.165, 1.54) is 7.11 Å². The van der Waals surface area contributed by atoms with E-state index in [0.717, 1.165) is 5.56 Å². The summed E-state index contributed by atoms with van der Waals surface area (Å²) >= 11 is 6.05. The summed E-state index contributed by atoms with van der Waals surface area (Å²) in [4.78, 5) is 27.5. The van der Waals surface area contributed by atoms with Crippen molar-refractivity contribution in [1.82, 2.24) is 9.80 Å². The molecular weight excluding hydrogens is 408 g/mol. The topological polar surface area (TPSA) is 72.2 Å². The van der Waals surface area contributed by atoms with Crippen LogP contribution in [0, 0.1) is 11.8 Å². The summed E-state index contributed by atoms with van der Waals surface area (Å²) in [5.74, 6) is 6.46. The number of carbonyl (C=O) groups excluding carboxylic acids is 2. The lowest BCUT2D eigenvalue weighted by molar-refractivity contribution is 0.0550. The molecule has 1 fully saturated rings. The molecule has 2 heterocycles. The monoisotopic (exact) mass is 430 g/mol. The second kappa shape index (κ2) is 10.2. The van der Waals surface area contributed by atoms with Crippen molar-refractivity contribution in [2.75, 3.05) is 39.9 Å². The van der Waals surface area contributed by atoms with Crippen LogP contribution in [0.15, 0.2) is 40.8 Å². The van der Waals surface area contributed by atoms with Crippen LogP contribution in [0.5, 0.6) is 0 Å². The molecule has 7 nitrogen and oxygen atoms in total. The average molecular weight is 431 g/mol. The molecule has 8 heteroatoms. The van der Waals surface area contributed by atoms with Crippen LogP contribution >= 0.6 is 11.6 Å². The maximum atomic E-state index is 12.0. The molecule has 3 rings (SSSR count). The molecule has 1 unspecified atom stereocenters. The summed E-state index contributed by atoms with van der Waals surface area (Å²) in [6, 6.07) is 10.2. The zero-order valence-corrected chi connectivity index (χ0v) is 17.6. The fourth-order valence-electron chi connectivity index (χ4n) is 3.15. The first-order valence-corrected chi connectivity index (χ1v) is 10.0. The fourth-order valence-corrected chi connectivity index (χ4v) is 3.34. The molecule has 1 atom stereocenters.